The Kier molecular flexibility index (Phi) is 7.25. The summed E-state index contributed by atoms with van der Waals surface area (Å²) in [5.41, 5.74) is -1.13. The monoisotopic (exact) mass is 454 g/mol. The SMILES string of the molecule is CC(=O)Nc1ccc(NC(=O)c2c(F)ccc(N(C3CCOCC3)S(=O)O)c2F)cn1. The third-order valence-corrected chi connectivity index (χ3v) is 5.38. The quantitative estimate of drug-likeness (QED) is 0.577. The van der Waals surface area contributed by atoms with E-state index >= 15 is 4.39 Å². The standard InChI is InChI=1S/C19H20F2N4O5S/c1-11(26)23-16-5-2-12(10-22-16)24-19(27)17-14(20)3-4-15(18(17)21)25(31(28)29)13-6-8-30-9-7-13/h2-5,10,13H,6-9H2,1H3,(H,24,27)(H,28,29)(H,22,23,26). The topological polar surface area (TPSA) is 121 Å². The number of carbonyl (C=O) groups is 2. The van der Waals surface area contributed by atoms with Crippen LogP contribution < -0.4 is 14.9 Å². The number of hydrogen-bond donors (Lipinski definition) is 3. The molecule has 0 radical (unpaired) electrons. The molecule has 1 atom stereocenters. The van der Waals surface area contributed by atoms with Gasteiger partial charge < -0.3 is 15.4 Å². The first-order chi connectivity index (χ1) is 14.8. The van der Waals surface area contributed by atoms with Gasteiger partial charge in [-0.15, -0.1) is 0 Å². The minimum absolute atomic E-state index is 0.135. The van der Waals surface area contributed by atoms with Gasteiger partial charge in [0.05, 0.1) is 17.6 Å². The van der Waals surface area contributed by atoms with E-state index in [0.29, 0.717) is 26.1 Å². The van der Waals surface area contributed by atoms with E-state index in [1.165, 1.54) is 25.3 Å². The minimum atomic E-state index is -2.60. The molecule has 31 heavy (non-hydrogen) atoms. The number of amides is 2. The third kappa shape index (κ3) is 5.40. The van der Waals surface area contributed by atoms with Crippen molar-refractivity contribution >= 4 is 40.3 Å². The van der Waals surface area contributed by atoms with E-state index < -0.39 is 40.4 Å². The van der Waals surface area contributed by atoms with E-state index in [1.807, 2.05) is 0 Å². The lowest BCUT2D eigenvalue weighted by Crippen LogP contribution is -2.41. The van der Waals surface area contributed by atoms with Gasteiger partial charge in [0, 0.05) is 26.2 Å². The highest BCUT2D eigenvalue weighted by Gasteiger charge is 2.31. The number of carbonyl (C=O) groups excluding carboxylic acids is 2. The van der Waals surface area contributed by atoms with Crippen molar-refractivity contribution in [1.82, 2.24) is 4.98 Å². The molecule has 1 fully saturated rings. The summed E-state index contributed by atoms with van der Waals surface area (Å²) in [4.78, 5) is 27.5. The molecule has 1 aromatic heterocycles. The predicted molar refractivity (Wildman–Crippen MR) is 110 cm³/mol. The van der Waals surface area contributed by atoms with Crippen LogP contribution in [0.25, 0.3) is 0 Å². The van der Waals surface area contributed by atoms with Crippen molar-refractivity contribution < 1.29 is 31.9 Å². The molecule has 3 rings (SSSR count). The molecule has 9 nitrogen and oxygen atoms in total. The fraction of sp³-hybridized carbons (Fsp3) is 0.316. The van der Waals surface area contributed by atoms with Crippen LogP contribution >= 0.6 is 0 Å². The summed E-state index contributed by atoms with van der Waals surface area (Å²) in [6.07, 6.45) is 1.95. The normalized spacial score (nSPS) is 15.2. The van der Waals surface area contributed by atoms with Crippen molar-refractivity contribution in [1.29, 1.82) is 0 Å². The zero-order chi connectivity index (χ0) is 22.5. The number of nitrogens with one attached hydrogen (secondary N) is 2. The number of nitrogens with zero attached hydrogens (tertiary/aromatic N) is 2. The number of pyridine rings is 1. The molecule has 12 heteroatoms. The molecular weight excluding hydrogens is 434 g/mol. The average Bonchev–Trinajstić information content (AvgIpc) is 2.71. The van der Waals surface area contributed by atoms with E-state index in [2.05, 4.69) is 15.6 Å². The number of anilines is 3. The second kappa shape index (κ2) is 9.90. The maximum Gasteiger partial charge on any atom is 0.262 e. The van der Waals surface area contributed by atoms with Crippen LogP contribution in [0.5, 0.6) is 0 Å². The summed E-state index contributed by atoms with van der Waals surface area (Å²) < 4.78 is 57.3. The zero-order valence-corrected chi connectivity index (χ0v) is 17.2. The Balaban J connectivity index is 1.87. The Morgan fingerprint density at radius 1 is 1.19 bits per heavy atom. The van der Waals surface area contributed by atoms with E-state index in [4.69, 9.17) is 4.74 Å². The second-order valence-electron chi connectivity index (χ2n) is 6.72. The highest BCUT2D eigenvalue weighted by atomic mass is 32.2. The van der Waals surface area contributed by atoms with Gasteiger partial charge in [-0.2, -0.15) is 0 Å². The van der Waals surface area contributed by atoms with Gasteiger partial charge in [-0.05, 0) is 37.1 Å². The smallest absolute Gasteiger partial charge is 0.262 e. The molecule has 0 spiro atoms. The first-order valence-corrected chi connectivity index (χ1v) is 10.3. The van der Waals surface area contributed by atoms with Gasteiger partial charge in [0.15, 0.2) is 5.82 Å². The highest BCUT2D eigenvalue weighted by molar-refractivity contribution is 7.80. The summed E-state index contributed by atoms with van der Waals surface area (Å²) in [5, 5.41) is 4.77. The van der Waals surface area contributed by atoms with E-state index in [1.54, 1.807) is 0 Å². The number of halogens is 2. The molecule has 0 aliphatic carbocycles. The maximum atomic E-state index is 15.2. The van der Waals surface area contributed by atoms with Crippen LogP contribution in [-0.4, -0.2) is 44.8 Å². The predicted octanol–water partition coefficient (Wildman–Crippen LogP) is 2.69. The molecule has 2 heterocycles. The van der Waals surface area contributed by atoms with Crippen molar-refractivity contribution in [2.24, 2.45) is 0 Å². The van der Waals surface area contributed by atoms with Crippen molar-refractivity contribution in [3.05, 3.63) is 47.7 Å². The summed E-state index contributed by atoms with van der Waals surface area (Å²) in [7, 11) is 0. The van der Waals surface area contributed by atoms with Gasteiger partial charge in [0.2, 0.25) is 5.91 Å². The van der Waals surface area contributed by atoms with Gasteiger partial charge >= 0.3 is 0 Å². The molecule has 2 amide bonds. The van der Waals surface area contributed by atoms with E-state index in [0.717, 1.165) is 16.4 Å². The molecule has 3 N–H and O–H groups in total. The maximum absolute atomic E-state index is 15.2. The van der Waals surface area contributed by atoms with Crippen LogP contribution in [0.3, 0.4) is 0 Å². The molecule has 1 aliphatic rings. The second-order valence-corrected chi connectivity index (χ2v) is 7.58. The van der Waals surface area contributed by atoms with Crippen LogP contribution in [0.1, 0.15) is 30.1 Å². The molecule has 1 saturated heterocycles. The molecule has 2 aromatic rings. The van der Waals surface area contributed by atoms with Crippen LogP contribution in [0.2, 0.25) is 0 Å². The van der Waals surface area contributed by atoms with E-state index in [-0.39, 0.29) is 23.1 Å². The Bertz CT molecular complexity index is 1000. The summed E-state index contributed by atoms with van der Waals surface area (Å²) in [6, 6.07) is 4.18. The van der Waals surface area contributed by atoms with Crippen LogP contribution in [0.15, 0.2) is 30.5 Å². The first-order valence-electron chi connectivity index (χ1n) is 9.29. The van der Waals surface area contributed by atoms with Gasteiger partial charge in [-0.3, -0.25) is 18.4 Å². The number of ether oxygens (including phenoxy) is 1. The molecular formula is C19H20F2N4O5S. The van der Waals surface area contributed by atoms with Crippen molar-refractivity contribution in [3.63, 3.8) is 0 Å². The Hall–Kier alpha value is -2.96. The summed E-state index contributed by atoms with van der Waals surface area (Å²) in [5.74, 6) is -3.57. The number of rotatable bonds is 6. The molecule has 0 bridgehead atoms. The highest BCUT2D eigenvalue weighted by Crippen LogP contribution is 2.30. The van der Waals surface area contributed by atoms with Crippen molar-refractivity contribution in [2.45, 2.75) is 25.8 Å². The average molecular weight is 454 g/mol. The number of benzene rings is 1. The minimum Gasteiger partial charge on any atom is -0.381 e. The van der Waals surface area contributed by atoms with Gasteiger partial charge in [0.25, 0.3) is 17.2 Å². The lowest BCUT2D eigenvalue weighted by atomic mass is 10.1. The summed E-state index contributed by atoms with van der Waals surface area (Å²) >= 11 is -2.60. The zero-order valence-electron chi connectivity index (χ0n) is 16.4. The van der Waals surface area contributed by atoms with Crippen LogP contribution in [0, 0.1) is 11.6 Å². The number of hydrogen-bond acceptors (Lipinski definition) is 5. The number of aromatic nitrogens is 1. The first kappa shape index (κ1) is 22.7. The Morgan fingerprint density at radius 2 is 1.90 bits per heavy atom. The molecule has 0 saturated carbocycles. The lowest BCUT2D eigenvalue weighted by Gasteiger charge is -2.32. The fourth-order valence-corrected chi connectivity index (χ4v) is 3.94. The molecule has 166 valence electrons. The van der Waals surface area contributed by atoms with Gasteiger partial charge in [-0.1, -0.05) is 0 Å². The van der Waals surface area contributed by atoms with Crippen LogP contribution in [0.4, 0.5) is 26.0 Å². The Labute approximate surface area is 179 Å². The van der Waals surface area contributed by atoms with Crippen LogP contribution in [-0.2, 0) is 20.8 Å². The lowest BCUT2D eigenvalue weighted by molar-refractivity contribution is -0.114. The fourth-order valence-electron chi connectivity index (χ4n) is 3.16. The molecule has 1 unspecified atom stereocenters. The van der Waals surface area contributed by atoms with Crippen molar-refractivity contribution in [3.8, 4) is 0 Å². The summed E-state index contributed by atoms with van der Waals surface area (Å²) in [6.45, 7) is 1.96. The van der Waals surface area contributed by atoms with Crippen molar-refractivity contribution in [2.75, 3.05) is 28.2 Å². The van der Waals surface area contributed by atoms with Gasteiger partial charge in [0.1, 0.15) is 17.2 Å². The van der Waals surface area contributed by atoms with Gasteiger partial charge in [-0.25, -0.2) is 18.0 Å². The largest absolute Gasteiger partial charge is 0.381 e. The Morgan fingerprint density at radius 3 is 2.48 bits per heavy atom. The molecule has 1 aromatic carbocycles. The third-order valence-electron chi connectivity index (χ3n) is 4.55. The molecule has 1 aliphatic heterocycles. The van der Waals surface area contributed by atoms with E-state index in [9.17, 15) is 22.7 Å².